The fourth-order valence-electron chi connectivity index (χ4n) is 5.19. The zero-order valence-corrected chi connectivity index (χ0v) is 16.0. The number of rotatable bonds is 2. The Labute approximate surface area is 163 Å². The van der Waals surface area contributed by atoms with Gasteiger partial charge in [0, 0.05) is 21.9 Å². The van der Waals surface area contributed by atoms with Crippen molar-refractivity contribution in [3.8, 4) is 17.2 Å². The molecule has 0 aromatic heterocycles. The van der Waals surface area contributed by atoms with E-state index in [9.17, 15) is 9.90 Å². The number of aryl methyl sites for hydroxylation is 1. The molecule has 5 rings (SSSR count). The third-order valence-electron chi connectivity index (χ3n) is 6.39. The molecule has 2 bridgehead atoms. The van der Waals surface area contributed by atoms with Gasteiger partial charge in [-0.1, -0.05) is 43.3 Å². The molecule has 0 heterocycles. The lowest BCUT2D eigenvalue weighted by molar-refractivity contribution is 0.152. The Morgan fingerprint density at radius 2 is 1.89 bits per heavy atom. The zero-order chi connectivity index (χ0) is 19.5. The summed E-state index contributed by atoms with van der Waals surface area (Å²) in [5.74, 6) is 1.63. The number of aromatic hydroxyl groups is 1. The van der Waals surface area contributed by atoms with Crippen molar-refractivity contribution < 1.29 is 19.4 Å². The number of benzene rings is 3. The molecule has 28 heavy (non-hydrogen) atoms. The van der Waals surface area contributed by atoms with Crippen molar-refractivity contribution in [3.05, 3.63) is 65.2 Å². The molecule has 3 aromatic rings. The maximum absolute atomic E-state index is 12.6. The van der Waals surface area contributed by atoms with Crippen LogP contribution in [0.1, 0.15) is 48.8 Å². The minimum Gasteiger partial charge on any atom is -0.507 e. The number of ether oxygens (including phenoxy) is 2. The largest absolute Gasteiger partial charge is 0.519 e. The summed E-state index contributed by atoms with van der Waals surface area (Å²) in [6.07, 6.45) is 2.32. The predicted molar refractivity (Wildman–Crippen MR) is 107 cm³/mol. The van der Waals surface area contributed by atoms with Gasteiger partial charge in [0.1, 0.15) is 17.2 Å². The van der Waals surface area contributed by atoms with Gasteiger partial charge in [-0.3, -0.25) is 0 Å². The molecule has 2 atom stereocenters. The Bertz CT molecular complexity index is 1100. The summed E-state index contributed by atoms with van der Waals surface area (Å²) < 4.78 is 11.2. The Kier molecular flexibility index (Phi) is 3.66. The number of carbonyl (C=O) groups is 1. The minimum absolute atomic E-state index is 0.0660. The summed E-state index contributed by atoms with van der Waals surface area (Å²) in [4.78, 5) is 12.6. The van der Waals surface area contributed by atoms with Crippen LogP contribution in [-0.4, -0.2) is 11.3 Å². The molecule has 0 spiro atoms. The summed E-state index contributed by atoms with van der Waals surface area (Å²) in [6, 6.07) is 14.7. The highest BCUT2D eigenvalue weighted by Crippen LogP contribution is 2.63. The average molecular weight is 374 g/mol. The van der Waals surface area contributed by atoms with Gasteiger partial charge in [-0.25, -0.2) is 4.79 Å². The van der Waals surface area contributed by atoms with E-state index in [0.717, 1.165) is 46.7 Å². The van der Waals surface area contributed by atoms with E-state index < -0.39 is 6.16 Å². The van der Waals surface area contributed by atoms with Gasteiger partial charge in [-0.05, 0) is 55.2 Å². The van der Waals surface area contributed by atoms with E-state index in [1.807, 2.05) is 31.2 Å². The molecule has 0 aliphatic heterocycles. The Morgan fingerprint density at radius 1 is 1.11 bits per heavy atom. The maximum atomic E-state index is 12.6. The molecular weight excluding hydrogens is 352 g/mol. The Hall–Kier alpha value is -3.01. The monoisotopic (exact) mass is 374 g/mol. The zero-order valence-electron chi connectivity index (χ0n) is 16.0. The molecule has 142 valence electrons. The normalized spacial score (nSPS) is 22.3. The number of hydrogen-bond donors (Lipinski definition) is 1. The molecule has 4 heteroatoms. The van der Waals surface area contributed by atoms with Gasteiger partial charge < -0.3 is 14.6 Å². The summed E-state index contributed by atoms with van der Waals surface area (Å²) >= 11 is 0. The molecule has 0 radical (unpaired) electrons. The van der Waals surface area contributed by atoms with Gasteiger partial charge in [-0.2, -0.15) is 0 Å². The topological polar surface area (TPSA) is 55.8 Å². The Balaban J connectivity index is 1.67. The molecule has 2 aliphatic rings. The standard InChI is InChI=1S/C24H22O4/c1-14-7-6-10-17-18(14)22(28-23(26)27-16-8-4-3-5-9-16)19-15-11-12-24(2,13-15)20(19)21(17)25/h3-10,15,25H,11-13H2,1-2H3. The van der Waals surface area contributed by atoms with Gasteiger partial charge in [0.25, 0.3) is 0 Å². The van der Waals surface area contributed by atoms with Crippen molar-refractivity contribution in [2.75, 3.05) is 0 Å². The lowest BCUT2D eigenvalue weighted by Crippen LogP contribution is -2.19. The van der Waals surface area contributed by atoms with Crippen molar-refractivity contribution in [3.63, 3.8) is 0 Å². The third-order valence-corrected chi connectivity index (χ3v) is 6.39. The van der Waals surface area contributed by atoms with Crippen LogP contribution >= 0.6 is 0 Å². The van der Waals surface area contributed by atoms with Crippen molar-refractivity contribution in [1.29, 1.82) is 0 Å². The van der Waals surface area contributed by atoms with E-state index >= 15 is 0 Å². The molecule has 1 N–H and O–H groups in total. The lowest BCUT2D eigenvalue weighted by atomic mass is 9.78. The second-order valence-corrected chi connectivity index (χ2v) is 8.23. The first-order chi connectivity index (χ1) is 13.5. The van der Waals surface area contributed by atoms with Crippen LogP contribution in [0.3, 0.4) is 0 Å². The Morgan fingerprint density at radius 3 is 2.68 bits per heavy atom. The fraction of sp³-hybridized carbons (Fsp3) is 0.292. The van der Waals surface area contributed by atoms with Gasteiger partial charge in [0.05, 0.1) is 0 Å². The van der Waals surface area contributed by atoms with Gasteiger partial charge >= 0.3 is 6.16 Å². The van der Waals surface area contributed by atoms with Crippen molar-refractivity contribution >= 4 is 16.9 Å². The van der Waals surface area contributed by atoms with Gasteiger partial charge in [0.2, 0.25) is 0 Å². The van der Waals surface area contributed by atoms with Crippen molar-refractivity contribution in [1.82, 2.24) is 0 Å². The number of hydrogen-bond acceptors (Lipinski definition) is 4. The number of fused-ring (bicyclic) bond motifs is 6. The first-order valence-corrected chi connectivity index (χ1v) is 9.71. The van der Waals surface area contributed by atoms with Gasteiger partial charge in [0.15, 0.2) is 0 Å². The second kappa shape index (κ2) is 5.99. The number of carbonyl (C=O) groups excluding carboxylic acids is 1. The van der Waals surface area contributed by atoms with E-state index in [0.29, 0.717) is 23.2 Å². The second-order valence-electron chi connectivity index (χ2n) is 8.23. The summed E-state index contributed by atoms with van der Waals surface area (Å²) in [5.41, 5.74) is 2.83. The third kappa shape index (κ3) is 2.40. The van der Waals surface area contributed by atoms with Crippen LogP contribution in [0.15, 0.2) is 48.5 Å². The quantitative estimate of drug-likeness (QED) is 0.443. The highest BCUT2D eigenvalue weighted by molar-refractivity contribution is 6.00. The van der Waals surface area contributed by atoms with Crippen LogP contribution in [0.25, 0.3) is 10.8 Å². The molecule has 0 amide bonds. The van der Waals surface area contributed by atoms with E-state index in [1.165, 1.54) is 0 Å². The average Bonchev–Trinajstić information content (AvgIpc) is 3.20. The predicted octanol–water partition coefficient (Wildman–Crippen LogP) is 5.97. The fourth-order valence-corrected chi connectivity index (χ4v) is 5.19. The number of para-hydroxylation sites is 1. The molecule has 1 saturated carbocycles. The van der Waals surface area contributed by atoms with Crippen LogP contribution < -0.4 is 9.47 Å². The van der Waals surface area contributed by atoms with E-state index in [-0.39, 0.29) is 5.41 Å². The van der Waals surface area contributed by atoms with Crippen molar-refractivity contribution in [2.45, 2.75) is 44.4 Å². The molecule has 2 unspecified atom stereocenters. The van der Waals surface area contributed by atoms with Crippen molar-refractivity contribution in [2.24, 2.45) is 0 Å². The minimum atomic E-state index is -0.753. The van der Waals surface area contributed by atoms with E-state index in [4.69, 9.17) is 9.47 Å². The van der Waals surface area contributed by atoms with Crippen LogP contribution in [-0.2, 0) is 5.41 Å². The highest BCUT2D eigenvalue weighted by atomic mass is 16.7. The maximum Gasteiger partial charge on any atom is 0.519 e. The molecule has 1 fully saturated rings. The SMILES string of the molecule is Cc1cccc2c(O)c3c(c(OC(=O)Oc4ccccc4)c12)C1CCC3(C)C1. The first kappa shape index (κ1) is 17.1. The molecular formula is C24H22O4. The summed E-state index contributed by atoms with van der Waals surface area (Å²) in [7, 11) is 0. The smallest absolute Gasteiger partial charge is 0.507 e. The van der Waals surface area contributed by atoms with Crippen LogP contribution in [0.2, 0.25) is 0 Å². The highest BCUT2D eigenvalue weighted by Gasteiger charge is 2.50. The summed E-state index contributed by atoms with van der Waals surface area (Å²) in [6.45, 7) is 4.17. The van der Waals surface area contributed by atoms with Crippen LogP contribution in [0, 0.1) is 6.92 Å². The molecule has 2 aliphatic carbocycles. The van der Waals surface area contributed by atoms with Crippen LogP contribution in [0.4, 0.5) is 4.79 Å². The molecule has 3 aromatic carbocycles. The number of phenolic OH excluding ortho intramolecular Hbond substituents is 1. The van der Waals surface area contributed by atoms with E-state index in [2.05, 4.69) is 6.92 Å². The lowest BCUT2D eigenvalue weighted by Gasteiger charge is -2.28. The van der Waals surface area contributed by atoms with Crippen LogP contribution in [0.5, 0.6) is 17.2 Å². The first-order valence-electron chi connectivity index (χ1n) is 9.71. The van der Waals surface area contributed by atoms with E-state index in [1.54, 1.807) is 24.3 Å². The molecule has 4 nitrogen and oxygen atoms in total. The molecule has 0 saturated heterocycles. The summed E-state index contributed by atoms with van der Waals surface area (Å²) in [5, 5.41) is 12.6. The van der Waals surface area contributed by atoms with Gasteiger partial charge in [-0.15, -0.1) is 0 Å². The number of phenols is 1.